The average molecular weight is 278 g/mol. The van der Waals surface area contributed by atoms with Gasteiger partial charge in [-0.15, -0.1) is 0 Å². The third-order valence-electron chi connectivity index (χ3n) is 6.66. The maximum Gasteiger partial charge on any atom is 0.309 e. The number of benzene rings is 2. The Labute approximate surface area is 126 Å². The molecule has 3 N–H and O–H groups in total. The van der Waals surface area contributed by atoms with E-state index in [1.165, 1.54) is 60.7 Å². The SMILES string of the molecule is c1cc2c3c(cccc3c1)[NH2+][B-]1(N2)C2CCCC1CCC2. The minimum Gasteiger partial charge on any atom is -0.505 e. The lowest BCUT2D eigenvalue weighted by Crippen LogP contribution is -3.02. The third-order valence-corrected chi connectivity index (χ3v) is 6.66. The van der Waals surface area contributed by atoms with Crippen molar-refractivity contribution in [3.05, 3.63) is 36.4 Å². The van der Waals surface area contributed by atoms with E-state index in [9.17, 15) is 0 Å². The summed E-state index contributed by atoms with van der Waals surface area (Å²) >= 11 is 0. The molecule has 0 radical (unpaired) electrons. The first kappa shape index (κ1) is 12.1. The van der Waals surface area contributed by atoms with Gasteiger partial charge in [-0.2, -0.15) is 0 Å². The molecule has 2 nitrogen and oxygen atoms in total. The van der Waals surface area contributed by atoms with Gasteiger partial charge in [0, 0.05) is 5.69 Å². The van der Waals surface area contributed by atoms with Crippen LogP contribution in [0.4, 0.5) is 11.4 Å². The first-order valence-corrected chi connectivity index (χ1v) is 8.70. The summed E-state index contributed by atoms with van der Waals surface area (Å²) in [5, 5.41) is 9.57. The first-order chi connectivity index (χ1) is 10.4. The zero-order valence-electron chi connectivity index (χ0n) is 12.5. The van der Waals surface area contributed by atoms with Crippen LogP contribution in [0.2, 0.25) is 11.6 Å². The number of quaternary nitrogens is 1. The lowest BCUT2D eigenvalue weighted by atomic mass is 9.24. The van der Waals surface area contributed by atoms with Crippen molar-refractivity contribution in [1.82, 2.24) is 0 Å². The molecule has 3 heteroatoms. The molecule has 0 aromatic heterocycles. The molecule has 0 unspecified atom stereocenters. The topological polar surface area (TPSA) is 28.6 Å². The summed E-state index contributed by atoms with van der Waals surface area (Å²) in [6, 6.07) is 13.6. The van der Waals surface area contributed by atoms with Crippen LogP contribution in [0.15, 0.2) is 36.4 Å². The van der Waals surface area contributed by atoms with Gasteiger partial charge in [-0.05, 0) is 17.5 Å². The molecule has 2 fully saturated rings. The molecule has 0 amide bonds. The van der Waals surface area contributed by atoms with Crippen LogP contribution < -0.4 is 10.5 Å². The number of hydrogen-bond donors (Lipinski definition) is 2. The predicted octanol–water partition coefficient (Wildman–Crippen LogP) is 4.01. The second-order valence-electron chi connectivity index (χ2n) is 7.52. The molecule has 0 saturated carbocycles. The third kappa shape index (κ3) is 1.58. The molecular formula is C18H23BN2. The highest BCUT2D eigenvalue weighted by atomic mass is 15.1. The van der Waals surface area contributed by atoms with Gasteiger partial charge in [-0.25, -0.2) is 0 Å². The Morgan fingerprint density at radius 1 is 0.905 bits per heavy atom. The largest absolute Gasteiger partial charge is 0.505 e. The van der Waals surface area contributed by atoms with E-state index in [2.05, 4.69) is 46.9 Å². The minimum atomic E-state index is -0.553. The number of nitrogens with two attached hydrogens (primary N) is 1. The van der Waals surface area contributed by atoms with E-state index in [0.717, 1.165) is 11.6 Å². The first-order valence-electron chi connectivity index (χ1n) is 8.70. The number of hydrogen-bond acceptors (Lipinski definition) is 1. The summed E-state index contributed by atoms with van der Waals surface area (Å²) in [6.45, 7) is 0. The Kier molecular flexibility index (Phi) is 2.46. The van der Waals surface area contributed by atoms with Crippen LogP contribution in [0, 0.1) is 0 Å². The Balaban J connectivity index is 1.70. The molecule has 3 aliphatic rings. The van der Waals surface area contributed by atoms with Crippen molar-refractivity contribution in [2.24, 2.45) is 0 Å². The monoisotopic (exact) mass is 278 g/mol. The molecule has 21 heavy (non-hydrogen) atoms. The van der Waals surface area contributed by atoms with Crippen LogP contribution in [0.5, 0.6) is 0 Å². The van der Waals surface area contributed by atoms with Crippen molar-refractivity contribution in [1.29, 1.82) is 0 Å². The molecule has 2 aromatic carbocycles. The van der Waals surface area contributed by atoms with Crippen molar-refractivity contribution in [3.63, 3.8) is 0 Å². The average Bonchev–Trinajstić information content (AvgIpc) is 2.47. The normalized spacial score (nSPS) is 33.9. The van der Waals surface area contributed by atoms with Crippen molar-refractivity contribution in [2.45, 2.75) is 50.2 Å². The van der Waals surface area contributed by atoms with E-state index in [-0.39, 0.29) is 0 Å². The fraction of sp³-hybridized carbons (Fsp3) is 0.444. The molecule has 0 aliphatic carbocycles. The van der Waals surface area contributed by atoms with Crippen LogP contribution in [0.25, 0.3) is 10.8 Å². The molecule has 108 valence electrons. The minimum absolute atomic E-state index is 0.553. The maximum absolute atomic E-state index is 4.09. The summed E-state index contributed by atoms with van der Waals surface area (Å²) < 4.78 is 0. The second kappa shape index (κ2) is 4.26. The Hall–Kier alpha value is -1.48. The van der Waals surface area contributed by atoms with Gasteiger partial charge < -0.3 is 10.5 Å². The highest BCUT2D eigenvalue weighted by Crippen LogP contribution is 2.51. The summed E-state index contributed by atoms with van der Waals surface area (Å²) in [5.74, 6) is 1.78. The number of anilines is 1. The van der Waals surface area contributed by atoms with E-state index in [1.807, 2.05) is 0 Å². The lowest BCUT2D eigenvalue weighted by molar-refractivity contribution is -0.440. The van der Waals surface area contributed by atoms with Crippen molar-refractivity contribution in [3.8, 4) is 0 Å². The standard InChI is InChI=1S/C18H23BN2/c1-5-13-6-2-12-17-18(13)16(11-1)20-19(21-17)14-7-3-8-15(19)10-4-9-14/h1-2,5-6,11-12,14-15,20H,3-4,7-10,21H2. The van der Waals surface area contributed by atoms with Gasteiger partial charge in [0.1, 0.15) is 0 Å². The van der Waals surface area contributed by atoms with Gasteiger partial charge in [0.25, 0.3) is 0 Å². The van der Waals surface area contributed by atoms with Crippen LogP contribution in [0.1, 0.15) is 38.5 Å². The maximum atomic E-state index is 4.09. The molecule has 2 bridgehead atoms. The highest BCUT2D eigenvalue weighted by molar-refractivity contribution is 6.79. The van der Waals surface area contributed by atoms with E-state index >= 15 is 0 Å². The van der Waals surface area contributed by atoms with Crippen LogP contribution >= 0.6 is 0 Å². The zero-order chi connectivity index (χ0) is 13.9. The molecule has 3 heterocycles. The van der Waals surface area contributed by atoms with Crippen LogP contribution in [0.3, 0.4) is 0 Å². The molecule has 0 atom stereocenters. The van der Waals surface area contributed by atoms with Crippen LogP contribution in [-0.2, 0) is 0 Å². The molecule has 5 rings (SSSR count). The summed E-state index contributed by atoms with van der Waals surface area (Å²) in [5.41, 5.74) is 2.88. The number of nitrogens with one attached hydrogen (secondary N) is 1. The highest BCUT2D eigenvalue weighted by Gasteiger charge is 2.52. The van der Waals surface area contributed by atoms with Gasteiger partial charge >= 0.3 is 6.42 Å². The second-order valence-corrected chi connectivity index (χ2v) is 7.52. The molecule has 3 aliphatic heterocycles. The molecule has 2 aromatic rings. The predicted molar refractivity (Wildman–Crippen MR) is 90.1 cm³/mol. The fourth-order valence-corrected chi connectivity index (χ4v) is 5.81. The lowest BCUT2D eigenvalue weighted by Gasteiger charge is -2.57. The van der Waals surface area contributed by atoms with E-state index in [1.54, 1.807) is 0 Å². The Morgan fingerprint density at radius 2 is 1.57 bits per heavy atom. The quantitative estimate of drug-likeness (QED) is 0.553. The fourth-order valence-electron chi connectivity index (χ4n) is 5.81. The van der Waals surface area contributed by atoms with Gasteiger partial charge in [0.2, 0.25) is 0 Å². The number of rotatable bonds is 0. The van der Waals surface area contributed by atoms with Crippen molar-refractivity contribution >= 4 is 28.6 Å². The Bertz CT molecular complexity index is 647. The Morgan fingerprint density at radius 3 is 2.29 bits per heavy atom. The molecule has 1 spiro atoms. The van der Waals surface area contributed by atoms with E-state index in [4.69, 9.17) is 0 Å². The van der Waals surface area contributed by atoms with Gasteiger partial charge in [-0.3, -0.25) is 0 Å². The summed E-state index contributed by atoms with van der Waals surface area (Å²) in [7, 11) is 0. The van der Waals surface area contributed by atoms with Crippen molar-refractivity contribution < 1.29 is 5.23 Å². The summed E-state index contributed by atoms with van der Waals surface area (Å²) in [4.78, 5) is 0. The van der Waals surface area contributed by atoms with Gasteiger partial charge in [0.15, 0.2) is 0 Å². The van der Waals surface area contributed by atoms with E-state index < -0.39 is 6.42 Å². The summed E-state index contributed by atoms with van der Waals surface area (Å²) in [6.07, 6.45) is 8.05. The zero-order valence-corrected chi connectivity index (χ0v) is 12.5. The van der Waals surface area contributed by atoms with Crippen molar-refractivity contribution in [2.75, 3.05) is 5.23 Å². The van der Waals surface area contributed by atoms with Gasteiger partial charge in [-0.1, -0.05) is 74.4 Å². The smallest absolute Gasteiger partial charge is 0.309 e. The molecular weight excluding hydrogens is 255 g/mol. The van der Waals surface area contributed by atoms with Crippen LogP contribution in [-0.4, -0.2) is 6.42 Å². The van der Waals surface area contributed by atoms with E-state index in [0.29, 0.717) is 0 Å². The molecule has 2 saturated heterocycles. The van der Waals surface area contributed by atoms with Gasteiger partial charge in [0.05, 0.1) is 11.1 Å².